The van der Waals surface area contributed by atoms with Gasteiger partial charge < -0.3 is 16.0 Å². The maximum Gasteiger partial charge on any atom is 0.251 e. The molecule has 0 heterocycles. The quantitative estimate of drug-likeness (QED) is 0.165. The first-order chi connectivity index (χ1) is 16.6. The smallest absolute Gasteiger partial charge is 0.251 e. The number of rotatable bonds is 21. The molecule has 0 aromatic heterocycles. The van der Waals surface area contributed by atoms with Crippen molar-refractivity contribution >= 4 is 17.5 Å². The summed E-state index contributed by atoms with van der Waals surface area (Å²) in [5.74, 6) is -0.189. The van der Waals surface area contributed by atoms with Crippen molar-refractivity contribution in [1.29, 1.82) is 0 Å². The number of anilines is 1. The molecule has 34 heavy (non-hydrogen) atoms. The second-order valence-corrected chi connectivity index (χ2v) is 9.68. The maximum atomic E-state index is 12.3. The third kappa shape index (κ3) is 15.9. The second kappa shape index (κ2) is 20.5. The van der Waals surface area contributed by atoms with E-state index in [4.69, 9.17) is 0 Å². The highest BCUT2D eigenvalue weighted by Crippen LogP contribution is 2.13. The van der Waals surface area contributed by atoms with Crippen LogP contribution in [0.1, 0.15) is 127 Å². The maximum absolute atomic E-state index is 12.3. The lowest BCUT2D eigenvalue weighted by Crippen LogP contribution is -2.32. The van der Waals surface area contributed by atoms with Gasteiger partial charge in [-0.3, -0.25) is 9.59 Å². The zero-order valence-corrected chi connectivity index (χ0v) is 22.2. The Labute approximate surface area is 209 Å². The van der Waals surface area contributed by atoms with Crippen LogP contribution >= 0.6 is 0 Å². The van der Waals surface area contributed by atoms with Crippen LogP contribution in [0.5, 0.6) is 0 Å². The number of hydrogen-bond donors (Lipinski definition) is 3. The summed E-state index contributed by atoms with van der Waals surface area (Å²) < 4.78 is 0. The van der Waals surface area contributed by atoms with E-state index in [1.54, 1.807) is 18.2 Å². The van der Waals surface area contributed by atoms with Crippen LogP contribution in [0.15, 0.2) is 24.3 Å². The molecular formula is C29H51N3O2. The molecule has 0 aliphatic carbocycles. The van der Waals surface area contributed by atoms with Crippen molar-refractivity contribution in [3.05, 3.63) is 29.8 Å². The molecule has 5 heteroatoms. The van der Waals surface area contributed by atoms with E-state index in [-0.39, 0.29) is 17.9 Å². The summed E-state index contributed by atoms with van der Waals surface area (Å²) in [7, 11) is 0. The number of benzene rings is 1. The third-order valence-electron chi connectivity index (χ3n) is 6.39. The molecule has 1 unspecified atom stereocenters. The van der Waals surface area contributed by atoms with Gasteiger partial charge in [-0.25, -0.2) is 0 Å². The van der Waals surface area contributed by atoms with E-state index in [1.807, 2.05) is 19.9 Å². The van der Waals surface area contributed by atoms with E-state index in [2.05, 4.69) is 22.9 Å². The van der Waals surface area contributed by atoms with Gasteiger partial charge in [0.25, 0.3) is 5.91 Å². The first-order valence-electron chi connectivity index (χ1n) is 14.0. The van der Waals surface area contributed by atoms with Crippen LogP contribution < -0.4 is 16.0 Å². The van der Waals surface area contributed by atoms with Crippen LogP contribution in [-0.2, 0) is 4.79 Å². The van der Waals surface area contributed by atoms with Crippen LogP contribution in [-0.4, -0.2) is 30.9 Å². The van der Waals surface area contributed by atoms with Crippen molar-refractivity contribution in [3.8, 4) is 0 Å². The summed E-state index contributed by atoms with van der Waals surface area (Å²) in [6.45, 7) is 7.45. The fraction of sp³-hybridized carbons (Fsp3) is 0.724. The second-order valence-electron chi connectivity index (χ2n) is 9.68. The molecule has 0 aliphatic rings. The minimum Gasteiger partial charge on any atom is -0.350 e. The summed E-state index contributed by atoms with van der Waals surface area (Å²) >= 11 is 0. The number of carbonyl (C=O) groups excluding carboxylic acids is 2. The van der Waals surface area contributed by atoms with E-state index < -0.39 is 0 Å². The van der Waals surface area contributed by atoms with Crippen molar-refractivity contribution < 1.29 is 9.59 Å². The van der Waals surface area contributed by atoms with Crippen LogP contribution in [0.25, 0.3) is 0 Å². The predicted molar refractivity (Wildman–Crippen MR) is 145 cm³/mol. The van der Waals surface area contributed by atoms with Gasteiger partial charge in [-0.1, -0.05) is 103 Å². The molecule has 0 spiro atoms. The Morgan fingerprint density at radius 3 is 1.91 bits per heavy atom. The third-order valence-corrected chi connectivity index (χ3v) is 6.39. The Balaban J connectivity index is 1.99. The molecule has 1 atom stereocenters. The molecule has 1 rings (SSSR count). The van der Waals surface area contributed by atoms with E-state index >= 15 is 0 Å². The highest BCUT2D eigenvalue weighted by atomic mass is 16.2. The molecule has 1 aromatic rings. The molecule has 0 saturated heterocycles. The zero-order chi connectivity index (χ0) is 24.9. The van der Waals surface area contributed by atoms with Gasteiger partial charge in [-0.15, -0.1) is 0 Å². The van der Waals surface area contributed by atoms with Gasteiger partial charge in [-0.2, -0.15) is 0 Å². The van der Waals surface area contributed by atoms with Gasteiger partial charge in [0, 0.05) is 17.3 Å². The molecule has 2 amide bonds. The molecule has 5 nitrogen and oxygen atoms in total. The molecule has 0 bridgehead atoms. The van der Waals surface area contributed by atoms with E-state index in [0.29, 0.717) is 17.8 Å². The normalized spacial score (nSPS) is 11.9. The Kier molecular flexibility index (Phi) is 18.2. The summed E-state index contributed by atoms with van der Waals surface area (Å²) in [4.78, 5) is 24.4. The van der Waals surface area contributed by atoms with Crippen molar-refractivity contribution in [3.63, 3.8) is 0 Å². The SMILES string of the molecule is CCCCCCCCCCCCCCCCNCC(=O)Nc1cccc(C(=O)NC(C)CC)c1. The van der Waals surface area contributed by atoms with E-state index in [0.717, 1.165) is 19.4 Å². The summed E-state index contributed by atoms with van der Waals surface area (Å²) in [5, 5.41) is 9.05. The molecule has 3 N–H and O–H groups in total. The number of unbranched alkanes of at least 4 members (excludes halogenated alkanes) is 13. The average Bonchev–Trinajstić information content (AvgIpc) is 2.83. The Bertz CT molecular complexity index is 663. The average molecular weight is 474 g/mol. The zero-order valence-electron chi connectivity index (χ0n) is 22.2. The Hall–Kier alpha value is -1.88. The summed E-state index contributed by atoms with van der Waals surface area (Å²) in [6.07, 6.45) is 19.8. The molecule has 0 aliphatic heterocycles. The summed E-state index contributed by atoms with van der Waals surface area (Å²) in [6, 6.07) is 7.23. The van der Waals surface area contributed by atoms with Gasteiger partial charge >= 0.3 is 0 Å². The van der Waals surface area contributed by atoms with Gasteiger partial charge in [0.1, 0.15) is 0 Å². The molecular weight excluding hydrogens is 422 g/mol. The molecule has 194 valence electrons. The van der Waals surface area contributed by atoms with Crippen molar-refractivity contribution in [2.24, 2.45) is 0 Å². The Morgan fingerprint density at radius 2 is 1.35 bits per heavy atom. The van der Waals surface area contributed by atoms with Crippen molar-refractivity contribution in [1.82, 2.24) is 10.6 Å². The van der Waals surface area contributed by atoms with Gasteiger partial charge in [0.05, 0.1) is 6.54 Å². The molecule has 0 saturated carbocycles. The highest BCUT2D eigenvalue weighted by Gasteiger charge is 2.10. The minimum absolute atomic E-state index is 0.0788. The summed E-state index contributed by atoms with van der Waals surface area (Å²) in [5.41, 5.74) is 1.22. The van der Waals surface area contributed by atoms with Crippen LogP contribution in [0.3, 0.4) is 0 Å². The van der Waals surface area contributed by atoms with Crippen molar-refractivity contribution in [2.45, 2.75) is 123 Å². The molecule has 1 aromatic carbocycles. The van der Waals surface area contributed by atoms with Gasteiger partial charge in [0.15, 0.2) is 0 Å². The topological polar surface area (TPSA) is 70.2 Å². The lowest BCUT2D eigenvalue weighted by atomic mass is 10.0. The fourth-order valence-electron chi connectivity index (χ4n) is 4.00. The Morgan fingerprint density at radius 1 is 0.794 bits per heavy atom. The van der Waals surface area contributed by atoms with Crippen LogP contribution in [0.4, 0.5) is 5.69 Å². The number of nitrogens with one attached hydrogen (secondary N) is 3. The highest BCUT2D eigenvalue weighted by molar-refractivity contribution is 5.97. The van der Waals surface area contributed by atoms with E-state index in [9.17, 15) is 9.59 Å². The van der Waals surface area contributed by atoms with Crippen LogP contribution in [0, 0.1) is 0 Å². The van der Waals surface area contributed by atoms with Gasteiger partial charge in [0.2, 0.25) is 5.91 Å². The number of hydrogen-bond acceptors (Lipinski definition) is 3. The predicted octanol–water partition coefficient (Wildman–Crippen LogP) is 7.22. The molecule has 0 radical (unpaired) electrons. The lowest BCUT2D eigenvalue weighted by molar-refractivity contribution is -0.115. The standard InChI is InChI=1S/C29H51N3O2/c1-4-6-7-8-9-10-11-12-13-14-15-16-17-18-22-30-24-28(33)32-27-21-19-20-26(23-27)29(34)31-25(3)5-2/h19-21,23,25,30H,4-18,22,24H2,1-3H3,(H,31,34)(H,32,33). The van der Waals surface area contributed by atoms with Crippen LogP contribution in [0.2, 0.25) is 0 Å². The monoisotopic (exact) mass is 473 g/mol. The molecule has 0 fully saturated rings. The van der Waals surface area contributed by atoms with E-state index in [1.165, 1.54) is 83.5 Å². The minimum atomic E-state index is -0.110. The number of amides is 2. The first-order valence-corrected chi connectivity index (χ1v) is 14.0. The first kappa shape index (κ1) is 30.2. The number of carbonyl (C=O) groups is 2. The van der Waals surface area contributed by atoms with Gasteiger partial charge in [-0.05, 0) is 44.5 Å². The lowest BCUT2D eigenvalue weighted by Gasteiger charge is -2.12. The largest absolute Gasteiger partial charge is 0.350 e. The van der Waals surface area contributed by atoms with Crippen molar-refractivity contribution in [2.75, 3.05) is 18.4 Å². The fourth-order valence-corrected chi connectivity index (χ4v) is 4.00.